The average Bonchev–Trinajstić information content (AvgIpc) is 2.12. The number of aliphatic carboxylic acids is 1. The van der Waals surface area contributed by atoms with Crippen molar-refractivity contribution in [3.63, 3.8) is 0 Å². The summed E-state index contributed by atoms with van der Waals surface area (Å²) in [5, 5.41) is 11.0. The van der Waals surface area contributed by atoms with Crippen molar-refractivity contribution in [1.82, 2.24) is 5.32 Å². The fraction of sp³-hybridized carbons (Fsp3) is 0.556. The van der Waals surface area contributed by atoms with Crippen molar-refractivity contribution < 1.29 is 19.4 Å². The van der Waals surface area contributed by atoms with E-state index >= 15 is 0 Å². The first-order chi connectivity index (χ1) is 6.61. The van der Waals surface area contributed by atoms with Crippen molar-refractivity contribution in [3.05, 3.63) is 0 Å². The molecule has 0 fully saturated rings. The lowest BCUT2D eigenvalue weighted by Crippen LogP contribution is -2.40. The maximum absolute atomic E-state index is 10.9. The van der Waals surface area contributed by atoms with Crippen LogP contribution in [0.1, 0.15) is 13.3 Å². The molecule has 1 atom stereocenters. The van der Waals surface area contributed by atoms with Crippen LogP contribution in [0.15, 0.2) is 0 Å². The number of hydrogen-bond donors (Lipinski definition) is 2. The molecule has 0 aliphatic heterocycles. The van der Waals surface area contributed by atoms with Gasteiger partial charge in [-0.2, -0.15) is 0 Å². The van der Waals surface area contributed by atoms with Crippen LogP contribution < -0.4 is 5.32 Å². The Morgan fingerprint density at radius 3 is 2.64 bits per heavy atom. The summed E-state index contributed by atoms with van der Waals surface area (Å²) in [7, 11) is 1.46. The van der Waals surface area contributed by atoms with Gasteiger partial charge in [-0.15, -0.1) is 0 Å². The minimum absolute atomic E-state index is 0.225. The molecule has 5 nitrogen and oxygen atoms in total. The van der Waals surface area contributed by atoms with Gasteiger partial charge in [-0.05, 0) is 12.8 Å². The van der Waals surface area contributed by atoms with Gasteiger partial charge in [0, 0.05) is 20.1 Å². The van der Waals surface area contributed by atoms with Crippen molar-refractivity contribution in [2.75, 3.05) is 13.7 Å². The Balaban J connectivity index is 4.13. The maximum Gasteiger partial charge on any atom is 0.326 e. The van der Waals surface area contributed by atoms with Crippen LogP contribution >= 0.6 is 0 Å². The molecular weight excluding hydrogens is 186 g/mol. The first kappa shape index (κ1) is 12.5. The fourth-order valence-electron chi connectivity index (χ4n) is 0.801. The minimum atomic E-state index is -1.09. The molecule has 0 aromatic carbocycles. The summed E-state index contributed by atoms with van der Waals surface area (Å²) in [5.41, 5.74) is 0. The van der Waals surface area contributed by atoms with Crippen molar-refractivity contribution in [2.24, 2.45) is 0 Å². The molecule has 0 radical (unpaired) electrons. The summed E-state index contributed by atoms with van der Waals surface area (Å²) in [5.74, 6) is 2.91. The van der Waals surface area contributed by atoms with Crippen LogP contribution in [0.3, 0.4) is 0 Å². The molecule has 0 saturated carbocycles. The summed E-state index contributed by atoms with van der Waals surface area (Å²) >= 11 is 0. The number of hydrogen-bond acceptors (Lipinski definition) is 3. The lowest BCUT2D eigenvalue weighted by Gasteiger charge is -2.11. The number of methoxy groups -OCH3 is 1. The number of carbonyl (C=O) groups is 2. The highest BCUT2D eigenvalue weighted by Crippen LogP contribution is 1.92. The van der Waals surface area contributed by atoms with Gasteiger partial charge in [0.2, 0.25) is 0 Å². The molecule has 5 heteroatoms. The van der Waals surface area contributed by atoms with Crippen molar-refractivity contribution in [3.8, 4) is 11.8 Å². The number of carboxylic acids is 1. The van der Waals surface area contributed by atoms with Gasteiger partial charge in [0.1, 0.15) is 6.04 Å². The van der Waals surface area contributed by atoms with Gasteiger partial charge in [0.25, 0.3) is 5.91 Å². The van der Waals surface area contributed by atoms with Gasteiger partial charge in [0.05, 0.1) is 0 Å². The van der Waals surface area contributed by atoms with Crippen molar-refractivity contribution in [2.45, 2.75) is 19.4 Å². The normalized spacial score (nSPS) is 11.0. The molecule has 0 aliphatic rings. The summed E-state index contributed by atoms with van der Waals surface area (Å²) in [4.78, 5) is 21.6. The summed E-state index contributed by atoms with van der Waals surface area (Å²) < 4.78 is 4.71. The Morgan fingerprint density at radius 1 is 1.57 bits per heavy atom. The number of carboxylic acid groups (broad SMARTS) is 1. The van der Waals surface area contributed by atoms with Crippen LogP contribution in [0.25, 0.3) is 0 Å². The van der Waals surface area contributed by atoms with E-state index in [0.717, 1.165) is 0 Å². The van der Waals surface area contributed by atoms with Crippen LogP contribution in [0, 0.1) is 11.8 Å². The van der Waals surface area contributed by atoms with Gasteiger partial charge in [-0.1, -0.05) is 5.92 Å². The highest BCUT2D eigenvalue weighted by atomic mass is 16.5. The molecule has 14 heavy (non-hydrogen) atoms. The van der Waals surface area contributed by atoms with E-state index < -0.39 is 17.9 Å². The molecular formula is C9H13NO4. The molecule has 0 saturated heterocycles. The number of rotatable bonds is 5. The van der Waals surface area contributed by atoms with Gasteiger partial charge in [0.15, 0.2) is 0 Å². The smallest absolute Gasteiger partial charge is 0.326 e. The molecule has 0 aliphatic carbocycles. The third-order valence-electron chi connectivity index (χ3n) is 1.45. The van der Waals surface area contributed by atoms with E-state index in [2.05, 4.69) is 17.2 Å². The molecule has 1 amide bonds. The van der Waals surface area contributed by atoms with Crippen molar-refractivity contribution >= 4 is 11.9 Å². The first-order valence-corrected chi connectivity index (χ1v) is 4.06. The lowest BCUT2D eigenvalue weighted by atomic mass is 10.2. The topological polar surface area (TPSA) is 75.6 Å². The Morgan fingerprint density at radius 2 is 2.21 bits per heavy atom. The summed E-state index contributed by atoms with van der Waals surface area (Å²) in [6.07, 6.45) is 0.225. The molecule has 0 heterocycles. The molecule has 1 unspecified atom stereocenters. The van der Waals surface area contributed by atoms with E-state index in [4.69, 9.17) is 9.84 Å². The quantitative estimate of drug-likeness (QED) is 0.591. The maximum atomic E-state index is 10.9. The molecule has 0 aromatic heterocycles. The van der Waals surface area contributed by atoms with E-state index in [1.165, 1.54) is 14.0 Å². The molecule has 0 bridgehead atoms. The van der Waals surface area contributed by atoms with Gasteiger partial charge in [-0.3, -0.25) is 4.79 Å². The van der Waals surface area contributed by atoms with Gasteiger partial charge < -0.3 is 15.2 Å². The minimum Gasteiger partial charge on any atom is -0.480 e. The van der Waals surface area contributed by atoms with Gasteiger partial charge >= 0.3 is 5.97 Å². The standard InChI is InChI=1S/C9H13NO4/c1-3-4-8(11)10-7(9(12)13)5-6-14-2/h7H,5-6H2,1-2H3,(H,10,11)(H,12,13). The molecule has 0 spiro atoms. The van der Waals surface area contributed by atoms with Crippen LogP contribution in [0.5, 0.6) is 0 Å². The SMILES string of the molecule is CC#CC(=O)NC(CCOC)C(=O)O. The Kier molecular flexibility index (Phi) is 6.16. The number of carbonyl (C=O) groups excluding carboxylic acids is 1. The third kappa shape index (κ3) is 5.17. The first-order valence-electron chi connectivity index (χ1n) is 4.06. The molecule has 78 valence electrons. The van der Waals surface area contributed by atoms with Crippen LogP contribution in [0.2, 0.25) is 0 Å². The Bertz CT molecular complexity index is 264. The van der Waals surface area contributed by atoms with E-state index in [-0.39, 0.29) is 13.0 Å². The summed E-state index contributed by atoms with van der Waals surface area (Å²) in [6, 6.07) is -0.941. The second-order valence-corrected chi connectivity index (χ2v) is 2.52. The zero-order chi connectivity index (χ0) is 11.0. The zero-order valence-corrected chi connectivity index (χ0v) is 8.16. The monoisotopic (exact) mass is 199 g/mol. The Labute approximate surface area is 82.4 Å². The van der Waals surface area contributed by atoms with E-state index in [0.29, 0.717) is 0 Å². The highest BCUT2D eigenvalue weighted by Gasteiger charge is 2.18. The van der Waals surface area contributed by atoms with Crippen molar-refractivity contribution in [1.29, 1.82) is 0 Å². The average molecular weight is 199 g/mol. The van der Waals surface area contributed by atoms with Gasteiger partial charge in [-0.25, -0.2) is 4.79 Å². The number of nitrogens with one attached hydrogen (secondary N) is 1. The molecule has 0 rings (SSSR count). The van der Waals surface area contributed by atoms with E-state index in [9.17, 15) is 9.59 Å². The predicted octanol–water partition coefficient (Wildman–Crippen LogP) is -0.384. The molecule has 0 aromatic rings. The second kappa shape index (κ2) is 6.92. The number of amides is 1. The predicted molar refractivity (Wildman–Crippen MR) is 49.5 cm³/mol. The zero-order valence-electron chi connectivity index (χ0n) is 8.16. The fourth-order valence-corrected chi connectivity index (χ4v) is 0.801. The summed E-state index contributed by atoms with van der Waals surface area (Å²) in [6.45, 7) is 1.78. The molecule has 2 N–H and O–H groups in total. The van der Waals surface area contributed by atoms with Crippen LogP contribution in [0.4, 0.5) is 0 Å². The second-order valence-electron chi connectivity index (χ2n) is 2.52. The van der Waals surface area contributed by atoms with Crippen LogP contribution in [-0.4, -0.2) is 36.7 Å². The lowest BCUT2D eigenvalue weighted by molar-refractivity contribution is -0.141. The highest BCUT2D eigenvalue weighted by molar-refractivity contribution is 5.95. The number of ether oxygens (including phenoxy) is 1. The van der Waals surface area contributed by atoms with E-state index in [1.54, 1.807) is 0 Å². The third-order valence-corrected chi connectivity index (χ3v) is 1.45. The largest absolute Gasteiger partial charge is 0.480 e. The van der Waals surface area contributed by atoms with Crippen LogP contribution in [-0.2, 0) is 14.3 Å². The Hall–Kier alpha value is -1.54. The van der Waals surface area contributed by atoms with E-state index in [1.807, 2.05) is 0 Å².